The van der Waals surface area contributed by atoms with Crippen LogP contribution in [0.5, 0.6) is 0 Å². The molecule has 4 heteroatoms. The first-order valence-corrected chi connectivity index (χ1v) is 6.78. The average molecular weight is 285 g/mol. The average Bonchev–Trinajstić information content (AvgIpc) is 2.83. The topological polar surface area (TPSA) is 38.3 Å². The van der Waals surface area contributed by atoms with Crippen molar-refractivity contribution in [3.8, 4) is 0 Å². The summed E-state index contributed by atoms with van der Waals surface area (Å²) in [6.45, 7) is 1.96. The number of rotatable bonds is 2. The Morgan fingerprint density at radius 1 is 1.29 bits per heavy atom. The molecule has 2 aromatic carbocycles. The highest BCUT2D eigenvalue weighted by molar-refractivity contribution is 5.90. The summed E-state index contributed by atoms with van der Waals surface area (Å²) < 4.78 is 18.8. The smallest absolute Gasteiger partial charge is 0.337 e. The molecule has 1 heterocycles. The van der Waals surface area contributed by atoms with Crippen LogP contribution in [0.2, 0.25) is 0 Å². The summed E-state index contributed by atoms with van der Waals surface area (Å²) in [6.07, 6.45) is 0.619. The van der Waals surface area contributed by atoms with Gasteiger partial charge in [0.15, 0.2) is 0 Å². The fourth-order valence-electron chi connectivity index (χ4n) is 2.90. The Labute approximate surface area is 122 Å². The van der Waals surface area contributed by atoms with E-state index in [0.717, 1.165) is 11.3 Å². The standard InChI is InChI=1S/C17H16FNO2/c1-17(13-5-3-4-6-14(13)18)10-12-9-11(16(20)21-2)7-8-15(12)19-17/h3-9,19H,10H2,1-2H3/t17-/m0/s1. The second-order valence-electron chi connectivity index (χ2n) is 5.48. The summed E-state index contributed by atoms with van der Waals surface area (Å²) in [5.41, 5.74) is 2.54. The van der Waals surface area contributed by atoms with Gasteiger partial charge in [0.1, 0.15) is 5.82 Å². The molecule has 0 spiro atoms. The summed E-state index contributed by atoms with van der Waals surface area (Å²) >= 11 is 0. The number of carbonyl (C=O) groups excluding carboxylic acids is 1. The van der Waals surface area contributed by atoms with Crippen LogP contribution in [0.25, 0.3) is 0 Å². The fourth-order valence-corrected chi connectivity index (χ4v) is 2.90. The minimum absolute atomic E-state index is 0.228. The maximum atomic E-state index is 14.1. The Hall–Kier alpha value is -2.36. The van der Waals surface area contributed by atoms with Crippen molar-refractivity contribution >= 4 is 11.7 Å². The lowest BCUT2D eigenvalue weighted by molar-refractivity contribution is 0.0600. The third-order valence-electron chi connectivity index (χ3n) is 3.95. The molecule has 0 amide bonds. The minimum Gasteiger partial charge on any atom is -0.465 e. The number of halogens is 1. The van der Waals surface area contributed by atoms with Crippen LogP contribution < -0.4 is 5.32 Å². The summed E-state index contributed by atoms with van der Waals surface area (Å²) in [4.78, 5) is 11.6. The quantitative estimate of drug-likeness (QED) is 0.858. The molecule has 1 aliphatic heterocycles. The first-order chi connectivity index (χ1) is 10.0. The molecule has 0 unspecified atom stereocenters. The van der Waals surface area contributed by atoms with Crippen molar-refractivity contribution in [2.24, 2.45) is 0 Å². The Morgan fingerprint density at radius 2 is 2.05 bits per heavy atom. The van der Waals surface area contributed by atoms with E-state index in [1.165, 1.54) is 13.2 Å². The van der Waals surface area contributed by atoms with Gasteiger partial charge in [-0.15, -0.1) is 0 Å². The zero-order chi connectivity index (χ0) is 15.0. The number of carbonyl (C=O) groups is 1. The maximum absolute atomic E-state index is 14.1. The van der Waals surface area contributed by atoms with E-state index in [1.54, 1.807) is 24.3 Å². The molecule has 0 aliphatic carbocycles. The van der Waals surface area contributed by atoms with Crippen molar-refractivity contribution in [1.29, 1.82) is 0 Å². The molecule has 0 aromatic heterocycles. The van der Waals surface area contributed by atoms with Gasteiger partial charge in [-0.3, -0.25) is 0 Å². The molecular formula is C17H16FNO2. The second kappa shape index (κ2) is 4.88. The number of fused-ring (bicyclic) bond motifs is 1. The molecule has 3 nitrogen and oxygen atoms in total. The van der Waals surface area contributed by atoms with E-state index in [1.807, 2.05) is 19.1 Å². The molecule has 0 saturated heterocycles. The molecule has 0 fully saturated rings. The summed E-state index contributed by atoms with van der Waals surface area (Å²) in [7, 11) is 1.36. The predicted octanol–water partition coefficient (Wildman–Crippen LogP) is 3.50. The number of hydrogen-bond donors (Lipinski definition) is 1. The molecule has 1 aliphatic rings. The van der Waals surface area contributed by atoms with Gasteiger partial charge < -0.3 is 10.1 Å². The zero-order valence-corrected chi connectivity index (χ0v) is 11.9. The molecular weight excluding hydrogens is 269 g/mol. The van der Waals surface area contributed by atoms with Gasteiger partial charge in [0.05, 0.1) is 18.2 Å². The minimum atomic E-state index is -0.511. The van der Waals surface area contributed by atoms with Crippen molar-refractivity contribution in [1.82, 2.24) is 0 Å². The van der Waals surface area contributed by atoms with Crippen LogP contribution in [0, 0.1) is 5.82 Å². The lowest BCUT2D eigenvalue weighted by Gasteiger charge is -2.26. The van der Waals surface area contributed by atoms with Crippen molar-refractivity contribution < 1.29 is 13.9 Å². The molecule has 1 atom stereocenters. The third-order valence-corrected chi connectivity index (χ3v) is 3.95. The lowest BCUT2D eigenvalue weighted by atomic mass is 9.88. The highest BCUT2D eigenvalue weighted by Gasteiger charge is 2.36. The van der Waals surface area contributed by atoms with Crippen LogP contribution in [0.4, 0.5) is 10.1 Å². The summed E-state index contributed by atoms with van der Waals surface area (Å²) in [6, 6.07) is 12.1. The van der Waals surface area contributed by atoms with Crippen LogP contribution in [-0.2, 0) is 16.7 Å². The van der Waals surface area contributed by atoms with Crippen LogP contribution in [0.1, 0.15) is 28.4 Å². The normalized spacial score (nSPS) is 19.8. The fraction of sp³-hybridized carbons (Fsp3) is 0.235. The van der Waals surface area contributed by atoms with E-state index in [9.17, 15) is 9.18 Å². The molecule has 0 radical (unpaired) electrons. The Kier molecular flexibility index (Phi) is 3.16. The monoisotopic (exact) mass is 285 g/mol. The number of anilines is 1. The zero-order valence-electron chi connectivity index (χ0n) is 11.9. The molecule has 1 N–H and O–H groups in total. The first-order valence-electron chi connectivity index (χ1n) is 6.78. The number of benzene rings is 2. The second-order valence-corrected chi connectivity index (χ2v) is 5.48. The van der Waals surface area contributed by atoms with Crippen LogP contribution >= 0.6 is 0 Å². The van der Waals surface area contributed by atoms with Crippen molar-refractivity contribution in [2.75, 3.05) is 12.4 Å². The molecule has 0 saturated carbocycles. The van der Waals surface area contributed by atoms with Gasteiger partial charge in [0.25, 0.3) is 0 Å². The Balaban J connectivity index is 1.97. The number of hydrogen-bond acceptors (Lipinski definition) is 3. The summed E-state index contributed by atoms with van der Waals surface area (Å²) in [5, 5.41) is 3.36. The number of methoxy groups -OCH3 is 1. The van der Waals surface area contributed by atoms with Crippen molar-refractivity contribution in [3.05, 3.63) is 65.0 Å². The molecule has 3 rings (SSSR count). The van der Waals surface area contributed by atoms with E-state index in [2.05, 4.69) is 5.32 Å². The number of nitrogens with one attached hydrogen (secondary N) is 1. The van der Waals surface area contributed by atoms with Crippen molar-refractivity contribution in [3.63, 3.8) is 0 Å². The van der Waals surface area contributed by atoms with E-state index in [0.29, 0.717) is 17.5 Å². The first kappa shape index (κ1) is 13.6. The van der Waals surface area contributed by atoms with Gasteiger partial charge in [-0.25, -0.2) is 9.18 Å². The van der Waals surface area contributed by atoms with Gasteiger partial charge in [0.2, 0.25) is 0 Å². The number of esters is 1. The van der Waals surface area contributed by atoms with Gasteiger partial charge in [-0.1, -0.05) is 18.2 Å². The molecule has 21 heavy (non-hydrogen) atoms. The Bertz CT molecular complexity index is 714. The third kappa shape index (κ3) is 2.27. The van der Waals surface area contributed by atoms with Gasteiger partial charge in [-0.05, 0) is 36.8 Å². The van der Waals surface area contributed by atoms with Crippen LogP contribution in [0.15, 0.2) is 42.5 Å². The Morgan fingerprint density at radius 3 is 2.76 bits per heavy atom. The van der Waals surface area contributed by atoms with E-state index < -0.39 is 5.54 Å². The van der Waals surface area contributed by atoms with Crippen LogP contribution in [0.3, 0.4) is 0 Å². The van der Waals surface area contributed by atoms with Crippen LogP contribution in [-0.4, -0.2) is 13.1 Å². The van der Waals surface area contributed by atoms with E-state index >= 15 is 0 Å². The highest BCUT2D eigenvalue weighted by atomic mass is 19.1. The summed E-state index contributed by atoms with van der Waals surface area (Å²) in [5.74, 6) is -0.592. The van der Waals surface area contributed by atoms with Gasteiger partial charge in [-0.2, -0.15) is 0 Å². The van der Waals surface area contributed by atoms with E-state index in [4.69, 9.17) is 4.74 Å². The molecule has 2 aromatic rings. The SMILES string of the molecule is COC(=O)c1ccc2c(c1)C[C@@](C)(c1ccccc1F)N2. The molecule has 0 bridgehead atoms. The number of ether oxygens (including phenoxy) is 1. The lowest BCUT2D eigenvalue weighted by Crippen LogP contribution is -2.30. The van der Waals surface area contributed by atoms with Gasteiger partial charge in [0, 0.05) is 17.7 Å². The van der Waals surface area contributed by atoms with Crippen molar-refractivity contribution in [2.45, 2.75) is 18.9 Å². The van der Waals surface area contributed by atoms with E-state index in [-0.39, 0.29) is 11.8 Å². The maximum Gasteiger partial charge on any atom is 0.337 e. The molecule has 108 valence electrons. The highest BCUT2D eigenvalue weighted by Crippen LogP contribution is 2.40. The van der Waals surface area contributed by atoms with Gasteiger partial charge >= 0.3 is 5.97 Å². The largest absolute Gasteiger partial charge is 0.465 e. The predicted molar refractivity (Wildman–Crippen MR) is 78.9 cm³/mol.